The second kappa shape index (κ2) is 9.36. The van der Waals surface area contributed by atoms with Gasteiger partial charge in [-0.1, -0.05) is 18.2 Å². The standard InChI is InChI=1S/C25H28N6O4/c1-4-34-21(32)10-9-19-17(3)28-25-26-15-27-31(25)23(19)29-11-13-30(14-12-29)24(33)22-16(2)18-7-5-6-8-20(18)35-22/h5-8,15H,4,9-14H2,1-3H3. The van der Waals surface area contributed by atoms with Crippen LogP contribution in [0.3, 0.4) is 0 Å². The number of fused-ring (bicyclic) bond motifs is 2. The number of carbonyl (C=O) groups excluding carboxylic acids is 2. The summed E-state index contributed by atoms with van der Waals surface area (Å²) < 4.78 is 12.7. The zero-order chi connectivity index (χ0) is 24.5. The third kappa shape index (κ3) is 4.20. The molecule has 0 saturated carbocycles. The van der Waals surface area contributed by atoms with Gasteiger partial charge in [0.05, 0.1) is 6.61 Å². The number of hydrogen-bond donors (Lipinski definition) is 0. The maximum atomic E-state index is 13.3. The minimum absolute atomic E-state index is 0.0994. The van der Waals surface area contributed by atoms with Crippen molar-refractivity contribution in [1.82, 2.24) is 24.5 Å². The Morgan fingerprint density at radius 2 is 1.89 bits per heavy atom. The molecule has 5 rings (SSSR count). The zero-order valence-electron chi connectivity index (χ0n) is 20.2. The van der Waals surface area contributed by atoms with Crippen molar-refractivity contribution in [2.75, 3.05) is 37.7 Å². The molecule has 10 heteroatoms. The fourth-order valence-electron chi connectivity index (χ4n) is 4.69. The van der Waals surface area contributed by atoms with E-state index in [1.807, 2.05) is 43.0 Å². The van der Waals surface area contributed by atoms with Gasteiger partial charge in [0.15, 0.2) is 5.76 Å². The maximum Gasteiger partial charge on any atom is 0.306 e. The van der Waals surface area contributed by atoms with Crippen LogP contribution >= 0.6 is 0 Å². The highest BCUT2D eigenvalue weighted by Crippen LogP contribution is 2.28. The molecule has 4 heterocycles. The highest BCUT2D eigenvalue weighted by Gasteiger charge is 2.29. The number of anilines is 1. The van der Waals surface area contributed by atoms with E-state index in [-0.39, 0.29) is 18.3 Å². The summed E-state index contributed by atoms with van der Waals surface area (Å²) in [7, 11) is 0. The third-order valence-corrected chi connectivity index (χ3v) is 6.49. The number of amides is 1. The number of piperazine rings is 1. The number of carbonyl (C=O) groups is 2. The summed E-state index contributed by atoms with van der Waals surface area (Å²) in [5.41, 5.74) is 3.33. The Balaban J connectivity index is 1.38. The molecule has 35 heavy (non-hydrogen) atoms. The average Bonchev–Trinajstić information content (AvgIpc) is 3.46. The van der Waals surface area contributed by atoms with Crippen LogP contribution in [0.5, 0.6) is 0 Å². The number of furan rings is 1. The van der Waals surface area contributed by atoms with Crippen LogP contribution in [0.4, 0.5) is 5.82 Å². The van der Waals surface area contributed by atoms with E-state index in [0.29, 0.717) is 50.7 Å². The van der Waals surface area contributed by atoms with Crippen LogP contribution in [-0.4, -0.2) is 69.1 Å². The number of esters is 1. The summed E-state index contributed by atoms with van der Waals surface area (Å²) in [5.74, 6) is 1.43. The van der Waals surface area contributed by atoms with Crippen molar-refractivity contribution in [2.45, 2.75) is 33.6 Å². The molecule has 0 unspecified atom stereocenters. The summed E-state index contributed by atoms with van der Waals surface area (Å²) >= 11 is 0. The van der Waals surface area contributed by atoms with Gasteiger partial charge in [0.1, 0.15) is 17.7 Å². The van der Waals surface area contributed by atoms with Gasteiger partial charge >= 0.3 is 5.97 Å². The Morgan fingerprint density at radius 3 is 2.63 bits per heavy atom. The highest BCUT2D eigenvalue weighted by atomic mass is 16.5. The lowest BCUT2D eigenvalue weighted by atomic mass is 10.1. The molecule has 0 atom stereocenters. The number of rotatable bonds is 6. The van der Waals surface area contributed by atoms with E-state index in [1.165, 1.54) is 6.33 Å². The first-order valence-corrected chi connectivity index (χ1v) is 11.8. The molecule has 1 aromatic carbocycles. The van der Waals surface area contributed by atoms with E-state index in [4.69, 9.17) is 9.15 Å². The largest absolute Gasteiger partial charge is 0.466 e. The predicted molar refractivity (Wildman–Crippen MR) is 130 cm³/mol. The minimum atomic E-state index is -0.242. The van der Waals surface area contributed by atoms with Crippen LogP contribution in [0.1, 0.15) is 40.7 Å². The van der Waals surface area contributed by atoms with E-state index < -0.39 is 0 Å². The van der Waals surface area contributed by atoms with Crippen LogP contribution in [0, 0.1) is 13.8 Å². The molecule has 0 spiro atoms. The van der Waals surface area contributed by atoms with Gasteiger partial charge in [-0.15, -0.1) is 0 Å². The summed E-state index contributed by atoms with van der Waals surface area (Å²) in [6, 6.07) is 7.69. The average molecular weight is 477 g/mol. The van der Waals surface area contributed by atoms with Gasteiger partial charge in [-0.2, -0.15) is 14.6 Å². The number of ether oxygens (including phenoxy) is 1. The number of aryl methyl sites for hydroxylation is 2. The van der Waals surface area contributed by atoms with Gasteiger partial charge in [0, 0.05) is 54.8 Å². The molecule has 0 N–H and O–H groups in total. The normalized spacial score (nSPS) is 14.1. The van der Waals surface area contributed by atoms with Crippen LogP contribution < -0.4 is 4.90 Å². The second-order valence-corrected chi connectivity index (χ2v) is 8.61. The lowest BCUT2D eigenvalue weighted by molar-refractivity contribution is -0.143. The van der Waals surface area contributed by atoms with Crippen molar-refractivity contribution in [3.63, 3.8) is 0 Å². The molecule has 1 amide bonds. The molecule has 3 aromatic heterocycles. The topological polar surface area (TPSA) is 106 Å². The minimum Gasteiger partial charge on any atom is -0.466 e. The van der Waals surface area contributed by atoms with Crippen molar-refractivity contribution in [1.29, 1.82) is 0 Å². The molecule has 0 aliphatic carbocycles. The smallest absolute Gasteiger partial charge is 0.306 e. The lowest BCUT2D eigenvalue weighted by Gasteiger charge is -2.36. The SMILES string of the molecule is CCOC(=O)CCc1c(C)nc2ncnn2c1N1CCN(C(=O)c2oc3ccccc3c2C)CC1. The summed E-state index contributed by atoms with van der Waals surface area (Å²) in [5, 5.41) is 5.35. The molecule has 0 radical (unpaired) electrons. The monoisotopic (exact) mass is 476 g/mol. The van der Waals surface area contributed by atoms with Gasteiger partial charge in [-0.25, -0.2) is 4.98 Å². The Bertz CT molecular complexity index is 1400. The maximum absolute atomic E-state index is 13.3. The van der Waals surface area contributed by atoms with Gasteiger partial charge in [0.2, 0.25) is 0 Å². The molecular formula is C25H28N6O4. The fourth-order valence-corrected chi connectivity index (χ4v) is 4.69. The molecule has 4 aromatic rings. The van der Waals surface area contributed by atoms with E-state index in [0.717, 1.165) is 33.6 Å². The van der Waals surface area contributed by atoms with Crippen molar-refractivity contribution < 1.29 is 18.7 Å². The van der Waals surface area contributed by atoms with Crippen molar-refractivity contribution >= 4 is 34.4 Å². The Kier molecular flexibility index (Phi) is 6.10. The highest BCUT2D eigenvalue weighted by molar-refractivity contribution is 5.99. The number of nitrogens with zero attached hydrogens (tertiary/aromatic N) is 6. The van der Waals surface area contributed by atoms with Gasteiger partial charge in [-0.05, 0) is 33.3 Å². The van der Waals surface area contributed by atoms with Gasteiger partial charge < -0.3 is 19.0 Å². The molecule has 10 nitrogen and oxygen atoms in total. The number of aromatic nitrogens is 4. The van der Waals surface area contributed by atoms with E-state index in [1.54, 1.807) is 11.4 Å². The van der Waals surface area contributed by atoms with Gasteiger partial charge in [0.25, 0.3) is 11.7 Å². The Hall–Kier alpha value is -3.95. The summed E-state index contributed by atoms with van der Waals surface area (Å²) in [4.78, 5) is 38.2. The van der Waals surface area contributed by atoms with E-state index in [2.05, 4.69) is 20.0 Å². The molecule has 1 fully saturated rings. The summed E-state index contributed by atoms with van der Waals surface area (Å²) in [6.07, 6.45) is 2.22. The van der Waals surface area contributed by atoms with Crippen molar-refractivity contribution in [3.05, 3.63) is 53.2 Å². The fraction of sp³-hybridized carbons (Fsp3) is 0.400. The number of para-hydroxylation sites is 1. The van der Waals surface area contributed by atoms with Crippen molar-refractivity contribution in [3.8, 4) is 0 Å². The number of benzene rings is 1. The lowest BCUT2D eigenvalue weighted by Crippen LogP contribution is -2.49. The quantitative estimate of drug-likeness (QED) is 0.391. The third-order valence-electron chi connectivity index (χ3n) is 6.49. The van der Waals surface area contributed by atoms with Crippen LogP contribution in [0.2, 0.25) is 0 Å². The van der Waals surface area contributed by atoms with Crippen LogP contribution in [-0.2, 0) is 16.0 Å². The first kappa shape index (κ1) is 22.8. The molecule has 1 aliphatic heterocycles. The van der Waals surface area contributed by atoms with Crippen molar-refractivity contribution in [2.24, 2.45) is 0 Å². The Morgan fingerprint density at radius 1 is 1.11 bits per heavy atom. The summed E-state index contributed by atoms with van der Waals surface area (Å²) in [6.45, 7) is 8.27. The molecule has 1 saturated heterocycles. The molecule has 182 valence electrons. The first-order chi connectivity index (χ1) is 17.0. The van der Waals surface area contributed by atoms with Crippen LogP contribution in [0.15, 0.2) is 35.0 Å². The Labute approximate surface area is 202 Å². The number of hydrogen-bond acceptors (Lipinski definition) is 8. The van der Waals surface area contributed by atoms with E-state index in [9.17, 15) is 9.59 Å². The van der Waals surface area contributed by atoms with Gasteiger partial charge in [-0.3, -0.25) is 9.59 Å². The molecule has 0 bridgehead atoms. The van der Waals surface area contributed by atoms with E-state index >= 15 is 0 Å². The predicted octanol–water partition coefficient (Wildman–Crippen LogP) is 2.95. The van der Waals surface area contributed by atoms with Crippen LogP contribution in [0.25, 0.3) is 16.7 Å². The molecular weight excluding hydrogens is 448 g/mol. The second-order valence-electron chi connectivity index (χ2n) is 8.61. The first-order valence-electron chi connectivity index (χ1n) is 11.8. The zero-order valence-corrected chi connectivity index (χ0v) is 20.2. The molecule has 1 aliphatic rings.